The second-order valence-corrected chi connectivity index (χ2v) is 5.33. The summed E-state index contributed by atoms with van der Waals surface area (Å²) in [5, 5.41) is 0.831. The van der Waals surface area contributed by atoms with Crippen LogP contribution in [0, 0.1) is 0 Å². The van der Waals surface area contributed by atoms with Gasteiger partial charge in [0, 0.05) is 24.1 Å². The summed E-state index contributed by atoms with van der Waals surface area (Å²) in [5.74, 6) is 0.500. The maximum absolute atomic E-state index is 12.5. The summed E-state index contributed by atoms with van der Waals surface area (Å²) < 4.78 is 11.9. The Kier molecular flexibility index (Phi) is 3.89. The first-order valence-electron chi connectivity index (χ1n) is 7.56. The van der Waals surface area contributed by atoms with Crippen LogP contribution in [0.2, 0.25) is 0 Å². The Labute approximate surface area is 139 Å². The van der Waals surface area contributed by atoms with Crippen LogP contribution in [0.3, 0.4) is 0 Å². The lowest BCUT2D eigenvalue weighted by Crippen LogP contribution is -2.26. The van der Waals surface area contributed by atoms with E-state index >= 15 is 0 Å². The number of carbonyl (C=O) groups excluding carboxylic acids is 2. The molecule has 0 saturated heterocycles. The van der Waals surface area contributed by atoms with Crippen molar-refractivity contribution in [3.8, 4) is 5.75 Å². The zero-order valence-corrected chi connectivity index (χ0v) is 13.8. The number of carbonyl (C=O) groups is 2. The molecule has 0 bridgehead atoms. The maximum Gasteiger partial charge on any atom is 0.419 e. The molecule has 0 unspecified atom stereocenters. The standard InChI is InChI=1S/C18H18N2O4/c1-5-24-18(22)20-16-7-6-13(23-4)10-15(16)14-8-9-19(12(3)21)11(2)17(14)20/h6-10H,2,5H2,1,3-4H3. The number of benzene rings is 1. The van der Waals surface area contributed by atoms with Crippen molar-refractivity contribution < 1.29 is 19.1 Å². The quantitative estimate of drug-likeness (QED) is 0.848. The fourth-order valence-corrected chi connectivity index (χ4v) is 2.90. The molecule has 6 heteroatoms. The van der Waals surface area contributed by atoms with E-state index in [2.05, 4.69) is 6.58 Å². The Balaban J connectivity index is 2.33. The predicted molar refractivity (Wildman–Crippen MR) is 91.5 cm³/mol. The number of fused-ring (bicyclic) bond motifs is 3. The number of amides is 1. The number of rotatable bonds is 2. The molecule has 24 heavy (non-hydrogen) atoms. The van der Waals surface area contributed by atoms with Crippen molar-refractivity contribution in [3.63, 3.8) is 0 Å². The molecule has 0 radical (unpaired) electrons. The molecule has 0 aliphatic carbocycles. The third kappa shape index (κ3) is 2.27. The predicted octanol–water partition coefficient (Wildman–Crippen LogP) is 3.46. The lowest BCUT2D eigenvalue weighted by Gasteiger charge is -2.24. The van der Waals surface area contributed by atoms with Crippen LogP contribution in [-0.2, 0) is 9.53 Å². The third-order valence-electron chi connectivity index (χ3n) is 3.96. The lowest BCUT2D eigenvalue weighted by molar-refractivity contribution is -0.123. The van der Waals surface area contributed by atoms with E-state index in [1.54, 1.807) is 38.4 Å². The van der Waals surface area contributed by atoms with E-state index in [1.807, 2.05) is 6.07 Å². The molecule has 1 aromatic heterocycles. The van der Waals surface area contributed by atoms with Gasteiger partial charge in [-0.2, -0.15) is 0 Å². The highest BCUT2D eigenvalue weighted by Gasteiger charge is 2.28. The van der Waals surface area contributed by atoms with E-state index in [0.717, 1.165) is 10.9 Å². The number of aromatic nitrogens is 1. The van der Waals surface area contributed by atoms with Crippen molar-refractivity contribution in [2.75, 3.05) is 13.7 Å². The molecule has 6 nitrogen and oxygen atoms in total. The van der Waals surface area contributed by atoms with Gasteiger partial charge in [-0.3, -0.25) is 9.69 Å². The molecule has 124 valence electrons. The Bertz CT molecular complexity index is 892. The summed E-state index contributed by atoms with van der Waals surface area (Å²) in [4.78, 5) is 25.7. The molecule has 2 aromatic rings. The first kappa shape index (κ1) is 15.9. The molecule has 3 rings (SSSR count). The van der Waals surface area contributed by atoms with Gasteiger partial charge in [-0.1, -0.05) is 6.58 Å². The molecule has 0 N–H and O–H groups in total. The van der Waals surface area contributed by atoms with Gasteiger partial charge < -0.3 is 9.47 Å². The lowest BCUT2D eigenvalue weighted by atomic mass is 10.1. The van der Waals surface area contributed by atoms with Crippen molar-refractivity contribution in [3.05, 3.63) is 42.2 Å². The highest BCUT2D eigenvalue weighted by Crippen LogP contribution is 2.38. The maximum atomic E-state index is 12.5. The first-order chi connectivity index (χ1) is 11.5. The number of methoxy groups -OCH3 is 1. The summed E-state index contributed by atoms with van der Waals surface area (Å²) in [6.07, 6.45) is 2.94. The number of hydrogen-bond donors (Lipinski definition) is 0. The van der Waals surface area contributed by atoms with Crippen LogP contribution in [0.1, 0.15) is 25.1 Å². The molecule has 2 heterocycles. The molecule has 0 fully saturated rings. The fraction of sp³-hybridized carbons (Fsp3) is 0.222. The number of nitrogens with zero attached hydrogens (tertiary/aromatic N) is 2. The zero-order valence-electron chi connectivity index (χ0n) is 13.8. The fourth-order valence-electron chi connectivity index (χ4n) is 2.90. The minimum absolute atomic E-state index is 0.180. The van der Waals surface area contributed by atoms with Crippen LogP contribution in [-0.4, -0.2) is 35.2 Å². The van der Waals surface area contributed by atoms with Gasteiger partial charge in [0.1, 0.15) is 5.75 Å². The molecular weight excluding hydrogens is 308 g/mol. The number of hydrogen-bond acceptors (Lipinski definition) is 4. The van der Waals surface area contributed by atoms with Gasteiger partial charge in [0.2, 0.25) is 5.91 Å². The van der Waals surface area contributed by atoms with Crippen molar-refractivity contribution in [1.29, 1.82) is 0 Å². The first-order valence-corrected chi connectivity index (χ1v) is 7.56. The topological polar surface area (TPSA) is 60.8 Å². The molecule has 0 saturated carbocycles. The monoisotopic (exact) mass is 326 g/mol. The van der Waals surface area contributed by atoms with Gasteiger partial charge in [0.25, 0.3) is 0 Å². The second kappa shape index (κ2) is 5.88. The molecular formula is C18H18N2O4. The minimum atomic E-state index is -0.506. The Hall–Kier alpha value is -3.02. The van der Waals surface area contributed by atoms with Gasteiger partial charge >= 0.3 is 6.09 Å². The van der Waals surface area contributed by atoms with Crippen LogP contribution in [0.4, 0.5) is 4.79 Å². The van der Waals surface area contributed by atoms with Gasteiger partial charge in [-0.15, -0.1) is 0 Å². The molecule has 1 aliphatic heterocycles. The van der Waals surface area contributed by atoms with Crippen molar-refractivity contribution in [1.82, 2.24) is 9.47 Å². The third-order valence-corrected chi connectivity index (χ3v) is 3.96. The minimum Gasteiger partial charge on any atom is -0.497 e. The summed E-state index contributed by atoms with van der Waals surface area (Å²) in [6, 6.07) is 5.42. The molecule has 1 aliphatic rings. The SMILES string of the molecule is C=C1c2c(c3cc(OC)ccc3n2C(=O)OCC)C=CN1C(C)=O. The molecule has 1 aromatic carbocycles. The summed E-state index contributed by atoms with van der Waals surface area (Å²) in [7, 11) is 1.59. The van der Waals surface area contributed by atoms with Gasteiger partial charge in [-0.05, 0) is 31.2 Å². The summed E-state index contributed by atoms with van der Waals surface area (Å²) in [6.45, 7) is 7.44. The van der Waals surface area contributed by atoms with Crippen molar-refractivity contribution in [2.24, 2.45) is 0 Å². The van der Waals surface area contributed by atoms with E-state index in [9.17, 15) is 9.59 Å². The molecule has 0 spiro atoms. The van der Waals surface area contributed by atoms with Crippen molar-refractivity contribution in [2.45, 2.75) is 13.8 Å². The van der Waals surface area contributed by atoms with Crippen LogP contribution in [0.5, 0.6) is 5.75 Å². The van der Waals surface area contributed by atoms with Crippen LogP contribution >= 0.6 is 0 Å². The van der Waals surface area contributed by atoms with Crippen LogP contribution in [0.15, 0.2) is 31.0 Å². The average Bonchev–Trinajstić information content (AvgIpc) is 2.89. The second-order valence-electron chi connectivity index (χ2n) is 5.33. The van der Waals surface area contributed by atoms with E-state index in [0.29, 0.717) is 22.7 Å². The van der Waals surface area contributed by atoms with E-state index in [1.165, 1.54) is 16.4 Å². The average molecular weight is 326 g/mol. The smallest absolute Gasteiger partial charge is 0.419 e. The highest BCUT2D eigenvalue weighted by atomic mass is 16.5. The van der Waals surface area contributed by atoms with Gasteiger partial charge in [0.15, 0.2) is 0 Å². The van der Waals surface area contributed by atoms with Gasteiger partial charge in [-0.25, -0.2) is 9.36 Å². The summed E-state index contributed by atoms with van der Waals surface area (Å²) >= 11 is 0. The zero-order chi connectivity index (χ0) is 17.4. The largest absolute Gasteiger partial charge is 0.497 e. The summed E-state index contributed by atoms with van der Waals surface area (Å²) in [5.41, 5.74) is 2.47. The van der Waals surface area contributed by atoms with Crippen LogP contribution in [0.25, 0.3) is 22.7 Å². The highest BCUT2D eigenvalue weighted by molar-refractivity contribution is 6.04. The Morgan fingerprint density at radius 1 is 1.29 bits per heavy atom. The Morgan fingerprint density at radius 3 is 2.67 bits per heavy atom. The Morgan fingerprint density at radius 2 is 2.04 bits per heavy atom. The number of ether oxygens (including phenoxy) is 2. The van der Waals surface area contributed by atoms with E-state index < -0.39 is 6.09 Å². The normalized spacial score (nSPS) is 13.1. The van der Waals surface area contributed by atoms with Crippen LogP contribution < -0.4 is 4.74 Å². The van der Waals surface area contributed by atoms with E-state index in [4.69, 9.17) is 9.47 Å². The van der Waals surface area contributed by atoms with Crippen molar-refractivity contribution >= 4 is 34.7 Å². The molecule has 0 atom stereocenters. The van der Waals surface area contributed by atoms with E-state index in [-0.39, 0.29) is 12.5 Å². The molecule has 1 amide bonds. The van der Waals surface area contributed by atoms with Gasteiger partial charge in [0.05, 0.1) is 30.6 Å².